The van der Waals surface area contributed by atoms with Gasteiger partial charge in [-0.15, -0.1) is 0 Å². The average Bonchev–Trinajstić information content (AvgIpc) is 3.22. The Morgan fingerprint density at radius 2 is 1.84 bits per heavy atom. The Kier molecular flexibility index (Phi) is 6.92. The molecule has 0 bridgehead atoms. The molecular weight excluding hydrogens is 392 g/mol. The highest BCUT2D eigenvalue weighted by molar-refractivity contribution is 6.08. The molecule has 1 heterocycles. The summed E-state index contributed by atoms with van der Waals surface area (Å²) < 4.78 is 7.30. The quantitative estimate of drug-likeness (QED) is 0.523. The normalized spacial score (nSPS) is 12.0. The van der Waals surface area contributed by atoms with Gasteiger partial charge in [-0.05, 0) is 61.0 Å². The summed E-state index contributed by atoms with van der Waals surface area (Å²) in [4.78, 5) is 25.9. The Balaban J connectivity index is 1.69. The minimum Gasteiger partial charge on any atom is -0.479 e. The van der Waals surface area contributed by atoms with Crippen LogP contribution in [0.5, 0.6) is 5.75 Å². The number of allylic oxidation sites excluding steroid dienone is 1. The van der Waals surface area contributed by atoms with E-state index in [0.29, 0.717) is 23.6 Å². The van der Waals surface area contributed by atoms with Crippen LogP contribution in [0, 0.1) is 0 Å². The van der Waals surface area contributed by atoms with Crippen molar-refractivity contribution in [3.05, 3.63) is 89.8 Å². The zero-order valence-corrected chi connectivity index (χ0v) is 17.9. The number of benzene rings is 2. The van der Waals surface area contributed by atoms with Crippen molar-refractivity contribution in [1.82, 2.24) is 4.57 Å². The number of hydrogen-bond donors (Lipinski definition) is 1. The minimum atomic E-state index is -1.01. The van der Waals surface area contributed by atoms with Crippen LogP contribution in [0.2, 0.25) is 0 Å². The second-order valence-corrected chi connectivity index (χ2v) is 7.39. The lowest BCUT2D eigenvalue weighted by Gasteiger charge is -2.12. The van der Waals surface area contributed by atoms with E-state index >= 15 is 0 Å². The van der Waals surface area contributed by atoms with Crippen LogP contribution in [0.1, 0.15) is 28.5 Å². The molecule has 0 saturated carbocycles. The number of ketones is 1. The van der Waals surface area contributed by atoms with Crippen molar-refractivity contribution in [2.45, 2.75) is 19.6 Å². The van der Waals surface area contributed by atoms with Crippen LogP contribution in [0.25, 0.3) is 6.08 Å². The number of carboxylic acids is 1. The van der Waals surface area contributed by atoms with E-state index in [1.165, 1.54) is 6.92 Å². The fourth-order valence-electron chi connectivity index (χ4n) is 3.09. The van der Waals surface area contributed by atoms with Gasteiger partial charge in [0.05, 0.1) is 5.69 Å². The lowest BCUT2D eigenvalue weighted by molar-refractivity contribution is -0.144. The predicted molar refractivity (Wildman–Crippen MR) is 122 cm³/mol. The molecule has 1 aromatic heterocycles. The molecule has 1 N–H and O–H groups in total. The van der Waals surface area contributed by atoms with Crippen LogP contribution in [0.15, 0.2) is 72.9 Å². The molecule has 0 fully saturated rings. The first kappa shape index (κ1) is 21.9. The van der Waals surface area contributed by atoms with E-state index < -0.39 is 12.1 Å². The molecule has 3 rings (SSSR count). The number of hydrogen-bond acceptors (Lipinski definition) is 4. The van der Waals surface area contributed by atoms with E-state index in [9.17, 15) is 9.59 Å². The number of ether oxygens (including phenoxy) is 1. The number of rotatable bonds is 9. The standard InChI is InChI=1S/C25H26N2O4/c1-18(25(29)30)31-22-9-4-7-19(17-22)8-5-15-27-16-6-10-23(27)24(28)20-11-13-21(14-12-20)26(2)3/h4-14,16-18H,15H2,1-3H3,(H,29,30). The van der Waals surface area contributed by atoms with Crippen molar-refractivity contribution in [1.29, 1.82) is 0 Å². The van der Waals surface area contributed by atoms with Crippen molar-refractivity contribution in [2.75, 3.05) is 19.0 Å². The zero-order valence-electron chi connectivity index (χ0n) is 17.9. The SMILES string of the molecule is CC(Oc1cccc(C=CCn2cccc2C(=O)c2ccc(N(C)C)cc2)c1)C(=O)O. The molecule has 0 spiro atoms. The van der Waals surface area contributed by atoms with Gasteiger partial charge in [0.1, 0.15) is 5.75 Å². The molecule has 2 aromatic carbocycles. The smallest absolute Gasteiger partial charge is 0.344 e. The summed E-state index contributed by atoms with van der Waals surface area (Å²) in [6.45, 7) is 2.02. The largest absolute Gasteiger partial charge is 0.479 e. The minimum absolute atomic E-state index is 0.0261. The second-order valence-electron chi connectivity index (χ2n) is 7.39. The van der Waals surface area contributed by atoms with Gasteiger partial charge in [-0.2, -0.15) is 0 Å². The molecule has 6 heteroatoms. The number of carboxylic acid groups (broad SMARTS) is 1. The number of carbonyl (C=O) groups is 2. The molecule has 31 heavy (non-hydrogen) atoms. The van der Waals surface area contributed by atoms with Gasteiger partial charge in [0.15, 0.2) is 6.10 Å². The summed E-state index contributed by atoms with van der Waals surface area (Å²) >= 11 is 0. The first-order chi connectivity index (χ1) is 14.8. The molecular formula is C25H26N2O4. The highest BCUT2D eigenvalue weighted by Gasteiger charge is 2.13. The van der Waals surface area contributed by atoms with Gasteiger partial charge in [-0.25, -0.2) is 4.79 Å². The molecule has 160 valence electrons. The maximum atomic E-state index is 12.9. The number of aliphatic carboxylic acids is 1. The van der Waals surface area contributed by atoms with Crippen LogP contribution < -0.4 is 9.64 Å². The third kappa shape index (κ3) is 5.63. The van der Waals surface area contributed by atoms with E-state index in [4.69, 9.17) is 9.84 Å². The Bertz CT molecular complexity index is 1080. The molecule has 1 unspecified atom stereocenters. The number of aromatic nitrogens is 1. The van der Waals surface area contributed by atoms with Crippen molar-refractivity contribution in [3.8, 4) is 5.75 Å². The maximum absolute atomic E-state index is 12.9. The van der Waals surface area contributed by atoms with E-state index in [1.54, 1.807) is 12.1 Å². The molecule has 0 amide bonds. The van der Waals surface area contributed by atoms with Gasteiger partial charge < -0.3 is 19.3 Å². The van der Waals surface area contributed by atoms with Crippen molar-refractivity contribution >= 4 is 23.5 Å². The lowest BCUT2D eigenvalue weighted by atomic mass is 10.1. The topological polar surface area (TPSA) is 71.8 Å². The monoisotopic (exact) mass is 418 g/mol. The fourth-order valence-corrected chi connectivity index (χ4v) is 3.09. The molecule has 1 atom stereocenters. The first-order valence-electron chi connectivity index (χ1n) is 9.98. The van der Waals surface area contributed by atoms with Crippen molar-refractivity contribution in [3.63, 3.8) is 0 Å². The predicted octanol–water partition coefficient (Wildman–Crippen LogP) is 4.35. The van der Waals surface area contributed by atoms with Crippen molar-refractivity contribution in [2.24, 2.45) is 0 Å². The third-order valence-corrected chi connectivity index (χ3v) is 4.84. The van der Waals surface area contributed by atoms with Crippen LogP contribution in [0.3, 0.4) is 0 Å². The van der Waals surface area contributed by atoms with E-state index in [0.717, 1.165) is 11.3 Å². The summed E-state index contributed by atoms with van der Waals surface area (Å²) in [5.74, 6) is -0.543. The maximum Gasteiger partial charge on any atom is 0.344 e. The molecule has 0 radical (unpaired) electrons. The average molecular weight is 418 g/mol. The zero-order chi connectivity index (χ0) is 22.4. The summed E-state index contributed by atoms with van der Waals surface area (Å²) in [7, 11) is 3.92. The van der Waals surface area contributed by atoms with E-state index in [1.807, 2.05) is 90.4 Å². The highest BCUT2D eigenvalue weighted by atomic mass is 16.5. The van der Waals surface area contributed by atoms with Gasteiger partial charge >= 0.3 is 5.97 Å². The van der Waals surface area contributed by atoms with E-state index in [-0.39, 0.29) is 5.78 Å². The summed E-state index contributed by atoms with van der Waals surface area (Å²) in [5.41, 5.74) is 3.19. The summed E-state index contributed by atoms with van der Waals surface area (Å²) in [6, 6.07) is 18.4. The molecule has 0 aliphatic rings. The lowest BCUT2D eigenvalue weighted by Crippen LogP contribution is -2.22. The summed E-state index contributed by atoms with van der Waals surface area (Å²) in [5, 5.41) is 8.98. The first-order valence-corrected chi connectivity index (χ1v) is 9.98. The van der Waals surface area contributed by atoms with Crippen LogP contribution in [0.4, 0.5) is 5.69 Å². The number of anilines is 1. The molecule has 3 aromatic rings. The van der Waals surface area contributed by atoms with Crippen molar-refractivity contribution < 1.29 is 19.4 Å². The number of nitrogens with zero attached hydrogens (tertiary/aromatic N) is 2. The molecule has 0 aliphatic heterocycles. The van der Waals surface area contributed by atoms with Crippen LogP contribution in [-0.4, -0.2) is 41.6 Å². The van der Waals surface area contributed by atoms with E-state index in [2.05, 4.69) is 0 Å². The van der Waals surface area contributed by atoms with Gasteiger partial charge in [0, 0.05) is 38.1 Å². The number of carbonyl (C=O) groups excluding carboxylic acids is 1. The highest BCUT2D eigenvalue weighted by Crippen LogP contribution is 2.18. The molecule has 0 aliphatic carbocycles. The second kappa shape index (κ2) is 9.80. The fraction of sp³-hybridized carbons (Fsp3) is 0.200. The van der Waals surface area contributed by atoms with Gasteiger partial charge in [-0.3, -0.25) is 4.79 Å². The Morgan fingerprint density at radius 1 is 1.10 bits per heavy atom. The Hall–Kier alpha value is -3.80. The van der Waals surface area contributed by atoms with Crippen LogP contribution in [-0.2, 0) is 11.3 Å². The van der Waals surface area contributed by atoms with Crippen LogP contribution >= 0.6 is 0 Å². The van der Waals surface area contributed by atoms with Gasteiger partial charge in [0.25, 0.3) is 0 Å². The third-order valence-electron chi connectivity index (χ3n) is 4.84. The summed E-state index contributed by atoms with van der Waals surface area (Å²) in [6.07, 6.45) is 4.82. The van der Waals surface area contributed by atoms with Gasteiger partial charge in [0.2, 0.25) is 5.78 Å². The van der Waals surface area contributed by atoms with Gasteiger partial charge in [-0.1, -0.05) is 24.3 Å². The Morgan fingerprint density at radius 3 is 2.52 bits per heavy atom. The Labute approximate surface area is 182 Å². The molecule has 6 nitrogen and oxygen atoms in total. The molecule has 0 saturated heterocycles.